The number of hydrogen-bond acceptors (Lipinski definition) is 14. The van der Waals surface area contributed by atoms with Gasteiger partial charge in [0.1, 0.15) is 48.3 Å². The molecule has 8 amide bonds. The summed E-state index contributed by atoms with van der Waals surface area (Å²) in [6.45, 7) is 6.25. The molecule has 25 nitrogen and oxygen atoms in total. The second-order valence-electron chi connectivity index (χ2n) is 19.0. The summed E-state index contributed by atoms with van der Waals surface area (Å²) in [5, 5.41) is 49.7. The van der Waals surface area contributed by atoms with Gasteiger partial charge in [-0.2, -0.15) is 0 Å². The maximum atomic E-state index is 14.1. The van der Waals surface area contributed by atoms with E-state index >= 15 is 0 Å². The number of hydrogen-bond donors (Lipinski definition) is 11. The molecule has 0 saturated heterocycles. The average molecular weight is 1020 g/mol. The maximum Gasteiger partial charge on any atom is 0.326 e. The van der Waals surface area contributed by atoms with Crippen molar-refractivity contribution in [1.82, 2.24) is 52.1 Å². The van der Waals surface area contributed by atoms with E-state index in [9.17, 15) is 63.3 Å². The molecule has 1 aromatic carbocycles. The number of quaternary nitrogens is 1. The van der Waals surface area contributed by atoms with Crippen molar-refractivity contribution in [3.63, 3.8) is 0 Å². The number of aliphatic carboxylic acids is 1. The Morgan fingerprint density at radius 1 is 0.653 bits per heavy atom. The Kier molecular flexibility index (Phi) is 24.9. The van der Waals surface area contributed by atoms with Gasteiger partial charge >= 0.3 is 11.9 Å². The van der Waals surface area contributed by atoms with Crippen LogP contribution in [0.25, 0.3) is 0 Å². The number of aromatic nitrogens is 2. The van der Waals surface area contributed by atoms with E-state index in [2.05, 4.69) is 52.3 Å². The zero-order valence-electron chi connectivity index (χ0n) is 42.6. The van der Waals surface area contributed by atoms with Gasteiger partial charge in [0.2, 0.25) is 41.4 Å². The van der Waals surface area contributed by atoms with Crippen molar-refractivity contribution in [2.75, 3.05) is 48.0 Å². The number of carboxylic acids is 1. The van der Waals surface area contributed by atoms with E-state index in [1.54, 1.807) is 97.0 Å². The standard InChI is InChI=1S/C47H73N11O14/c1-11-27(4)39(46(69)53-33(20-38(62)72-10)43(66)54-34(47(70)71)17-26(2)3)56-40(63)28(5)49-44(67)36(24-60)55-42(65)32(19-30-21-57(6)25-48-30)52-41(64)31(18-29-15-13-12-14-16-29)51-45(68)35(23-59)50-37(61)22-58(7,8)9/h12-16,21,25-28,31-36,39,59-60H,11,17-20,22-24H2,1-10H3,(H8-,49,50,51,52,53,54,55,56,61,63,64,65,66,67,68,69,70,71)/p+1/t27-,28-,31-,32-,33-,34-,35-,36-,39-/m0/s1. The number of methoxy groups -OCH3 is 1. The van der Waals surface area contributed by atoms with Crippen molar-refractivity contribution >= 4 is 59.2 Å². The number of likely N-dealkylation sites (N-methyl/N-ethyl adjacent to an activating group) is 1. The first-order chi connectivity index (χ1) is 33.7. The van der Waals surface area contributed by atoms with Crippen LogP contribution in [0.1, 0.15) is 65.1 Å². The van der Waals surface area contributed by atoms with Gasteiger partial charge in [0.25, 0.3) is 5.91 Å². The number of imidazole rings is 1. The van der Waals surface area contributed by atoms with Crippen molar-refractivity contribution in [1.29, 1.82) is 0 Å². The molecular weight excluding hydrogens is 943 g/mol. The number of carbonyl (C=O) groups is 10. The minimum Gasteiger partial charge on any atom is -0.480 e. The van der Waals surface area contributed by atoms with Gasteiger partial charge in [0.05, 0.1) is 59.9 Å². The van der Waals surface area contributed by atoms with Crippen molar-refractivity contribution in [2.45, 2.75) is 115 Å². The molecule has 0 aliphatic carbocycles. The molecule has 9 atom stereocenters. The summed E-state index contributed by atoms with van der Waals surface area (Å²) in [7, 11) is 7.99. The van der Waals surface area contributed by atoms with Crippen LogP contribution in [0.5, 0.6) is 0 Å². The number of nitrogens with zero attached hydrogens (tertiary/aromatic N) is 3. The Labute approximate surface area is 418 Å². The molecule has 0 aliphatic rings. The smallest absolute Gasteiger partial charge is 0.326 e. The maximum absolute atomic E-state index is 14.1. The summed E-state index contributed by atoms with van der Waals surface area (Å²) in [5.41, 5.74) is 0.924. The molecule has 0 saturated carbocycles. The van der Waals surface area contributed by atoms with Crippen LogP contribution in [0.3, 0.4) is 0 Å². The molecular formula is C47H74N11O14+. The number of carboxylic acid groups (broad SMARTS) is 1. The minimum absolute atomic E-state index is 0.0267. The van der Waals surface area contributed by atoms with Gasteiger partial charge in [0, 0.05) is 26.1 Å². The molecule has 11 N–H and O–H groups in total. The lowest BCUT2D eigenvalue weighted by Crippen LogP contribution is -2.61. The number of esters is 1. The van der Waals surface area contributed by atoms with Crippen molar-refractivity contribution in [2.24, 2.45) is 18.9 Å². The second-order valence-corrected chi connectivity index (χ2v) is 19.0. The van der Waals surface area contributed by atoms with Gasteiger partial charge in [-0.1, -0.05) is 64.4 Å². The highest BCUT2D eigenvalue weighted by molar-refractivity contribution is 5.98. The summed E-state index contributed by atoms with van der Waals surface area (Å²) in [6.07, 6.45) is 2.35. The summed E-state index contributed by atoms with van der Waals surface area (Å²) in [5.74, 6) is -10.1. The van der Waals surface area contributed by atoms with E-state index in [-0.39, 0.29) is 36.2 Å². The summed E-state index contributed by atoms with van der Waals surface area (Å²) >= 11 is 0. The lowest BCUT2D eigenvalue weighted by Gasteiger charge is -2.28. The van der Waals surface area contributed by atoms with Crippen molar-refractivity contribution in [3.05, 3.63) is 54.1 Å². The molecule has 1 aromatic heterocycles. The summed E-state index contributed by atoms with van der Waals surface area (Å²) in [6, 6.07) is -3.21. The number of benzene rings is 1. The van der Waals surface area contributed by atoms with E-state index < -0.39 is 133 Å². The molecule has 0 radical (unpaired) electrons. The average Bonchev–Trinajstić information content (AvgIpc) is 3.73. The molecule has 72 heavy (non-hydrogen) atoms. The fourth-order valence-corrected chi connectivity index (χ4v) is 6.97. The van der Waals surface area contributed by atoms with Crippen LogP contribution in [0.15, 0.2) is 42.9 Å². The molecule has 0 spiro atoms. The number of carbonyl (C=O) groups excluding carboxylic acids is 9. The first kappa shape index (κ1) is 61.1. The summed E-state index contributed by atoms with van der Waals surface area (Å²) in [4.78, 5) is 137. The van der Waals surface area contributed by atoms with Gasteiger partial charge in [-0.15, -0.1) is 0 Å². The summed E-state index contributed by atoms with van der Waals surface area (Å²) < 4.78 is 6.49. The highest BCUT2D eigenvalue weighted by Gasteiger charge is 2.36. The van der Waals surface area contributed by atoms with Crippen molar-refractivity contribution in [3.8, 4) is 0 Å². The zero-order chi connectivity index (χ0) is 54.5. The predicted octanol–water partition coefficient (Wildman–Crippen LogP) is -3.47. The number of amides is 8. The number of ether oxygens (including phenoxy) is 1. The lowest BCUT2D eigenvalue weighted by molar-refractivity contribution is -0.862. The van der Waals surface area contributed by atoms with Gasteiger partial charge in [-0.25, -0.2) is 9.78 Å². The topological polar surface area (TPSA) is 355 Å². The van der Waals surface area contributed by atoms with E-state index in [0.717, 1.165) is 7.11 Å². The fraction of sp³-hybridized carbons (Fsp3) is 0.596. The number of aliphatic hydroxyl groups excluding tert-OH is 2. The molecule has 1 heterocycles. The minimum atomic E-state index is -1.71. The molecule has 0 unspecified atom stereocenters. The van der Waals surface area contributed by atoms with E-state index in [1.807, 2.05) is 0 Å². The van der Waals surface area contributed by atoms with Gasteiger partial charge in [0.15, 0.2) is 6.54 Å². The van der Waals surface area contributed by atoms with E-state index in [1.165, 1.54) is 13.3 Å². The van der Waals surface area contributed by atoms with Crippen LogP contribution >= 0.6 is 0 Å². The fourth-order valence-electron chi connectivity index (χ4n) is 6.97. The first-order valence-corrected chi connectivity index (χ1v) is 23.5. The molecule has 0 bridgehead atoms. The molecule has 2 aromatic rings. The SMILES string of the molecule is CC[C@H](C)[C@H](NC(=O)[C@H](C)NC(=O)[C@H](CO)NC(=O)[C@H](Cc1cn(C)cn1)NC(=O)[C@H](Cc1ccccc1)NC(=O)[C@H](CO)NC(=O)C[N+](C)(C)C)C(=O)N[C@@H](CC(=O)OC)C(=O)N[C@@H](CC(C)C)C(=O)O. The normalized spacial score (nSPS) is 15.1. The Balaban J connectivity index is 2.33. The largest absolute Gasteiger partial charge is 0.480 e. The molecule has 25 heteroatoms. The Morgan fingerprint density at radius 3 is 1.65 bits per heavy atom. The van der Waals surface area contributed by atoms with Crippen LogP contribution in [-0.2, 0) is 72.6 Å². The lowest BCUT2D eigenvalue weighted by atomic mass is 9.97. The monoisotopic (exact) mass is 1020 g/mol. The highest BCUT2D eigenvalue weighted by atomic mass is 16.5. The van der Waals surface area contributed by atoms with E-state index in [4.69, 9.17) is 0 Å². The number of nitrogens with one attached hydrogen (secondary N) is 8. The van der Waals surface area contributed by atoms with E-state index in [0.29, 0.717) is 17.7 Å². The molecule has 0 fully saturated rings. The number of aliphatic hydroxyl groups is 2. The Hall–Kier alpha value is -6.99. The van der Waals surface area contributed by atoms with Crippen LogP contribution in [0.2, 0.25) is 0 Å². The predicted molar refractivity (Wildman–Crippen MR) is 258 cm³/mol. The quantitative estimate of drug-likeness (QED) is 0.0268. The Bertz CT molecular complexity index is 2180. The third kappa shape index (κ3) is 21.2. The van der Waals surface area contributed by atoms with Crippen molar-refractivity contribution < 1.29 is 72.5 Å². The molecule has 0 aliphatic heterocycles. The highest BCUT2D eigenvalue weighted by Crippen LogP contribution is 2.12. The van der Waals surface area contributed by atoms with Crippen LogP contribution in [-0.4, -0.2) is 185 Å². The second kappa shape index (κ2) is 29.4. The molecule has 400 valence electrons. The van der Waals surface area contributed by atoms with Gasteiger partial charge in [-0.3, -0.25) is 43.2 Å². The Morgan fingerprint density at radius 2 is 1.15 bits per heavy atom. The number of rotatable bonds is 30. The third-order valence-corrected chi connectivity index (χ3v) is 11.1. The van der Waals surface area contributed by atoms with Gasteiger partial charge < -0.3 is 71.6 Å². The number of aryl methyl sites for hydroxylation is 1. The van der Waals surface area contributed by atoms with Gasteiger partial charge in [-0.05, 0) is 30.7 Å². The van der Waals surface area contributed by atoms with Crippen LogP contribution in [0, 0.1) is 11.8 Å². The molecule has 2 rings (SSSR count). The first-order valence-electron chi connectivity index (χ1n) is 23.5. The van der Waals surface area contributed by atoms with Crippen LogP contribution < -0.4 is 42.5 Å². The van der Waals surface area contributed by atoms with Crippen LogP contribution in [0.4, 0.5) is 0 Å². The zero-order valence-corrected chi connectivity index (χ0v) is 42.6. The third-order valence-electron chi connectivity index (χ3n) is 11.1.